The number of ether oxygens (including phenoxy) is 1. The molecule has 1 amide bonds. The number of aryl methyl sites for hydroxylation is 2. The van der Waals surface area contributed by atoms with E-state index in [1.54, 1.807) is 0 Å². The van der Waals surface area contributed by atoms with E-state index in [2.05, 4.69) is 57.8 Å². The Kier molecular flexibility index (Phi) is 6.67. The van der Waals surface area contributed by atoms with Crippen molar-refractivity contribution in [3.05, 3.63) is 29.3 Å². The third kappa shape index (κ3) is 4.97. The summed E-state index contributed by atoms with van der Waals surface area (Å²) in [6.07, 6.45) is 1.69. The molecule has 1 fully saturated rings. The lowest BCUT2D eigenvalue weighted by Crippen LogP contribution is -2.46. The Morgan fingerprint density at radius 3 is 2.58 bits per heavy atom. The molecule has 134 valence electrons. The van der Waals surface area contributed by atoms with Gasteiger partial charge < -0.3 is 14.5 Å². The summed E-state index contributed by atoms with van der Waals surface area (Å²) in [5.41, 5.74) is 2.38. The molecule has 4 nitrogen and oxygen atoms in total. The average molecular weight is 332 g/mol. The van der Waals surface area contributed by atoms with Crippen molar-refractivity contribution in [2.24, 2.45) is 5.92 Å². The average Bonchev–Trinajstić information content (AvgIpc) is 2.52. The summed E-state index contributed by atoms with van der Waals surface area (Å²) < 4.78 is 6.00. The Labute approximate surface area is 146 Å². The minimum Gasteiger partial charge on any atom is -0.492 e. The number of hydrogen-bond donors (Lipinski definition) is 0. The molecule has 0 spiro atoms. The Morgan fingerprint density at radius 2 is 1.96 bits per heavy atom. The highest BCUT2D eigenvalue weighted by Gasteiger charge is 2.27. The van der Waals surface area contributed by atoms with Crippen molar-refractivity contribution in [2.75, 3.05) is 33.3 Å². The molecule has 0 saturated carbocycles. The van der Waals surface area contributed by atoms with Gasteiger partial charge in [0.05, 0.1) is 0 Å². The Morgan fingerprint density at radius 1 is 1.29 bits per heavy atom. The number of piperidine rings is 1. The second-order valence-corrected chi connectivity index (χ2v) is 7.38. The molecule has 4 heteroatoms. The molecule has 1 aromatic rings. The fourth-order valence-corrected chi connectivity index (χ4v) is 3.45. The van der Waals surface area contributed by atoms with E-state index in [1.807, 2.05) is 4.90 Å². The van der Waals surface area contributed by atoms with Crippen LogP contribution in [0.5, 0.6) is 5.75 Å². The largest absolute Gasteiger partial charge is 0.492 e. The number of hydrogen-bond acceptors (Lipinski definition) is 3. The maximum Gasteiger partial charge on any atom is 0.222 e. The third-order valence-electron chi connectivity index (χ3n) is 4.86. The Balaban J connectivity index is 1.77. The fraction of sp³-hybridized carbons (Fsp3) is 0.650. The summed E-state index contributed by atoms with van der Waals surface area (Å²) >= 11 is 0. The lowest BCUT2D eigenvalue weighted by atomic mass is 9.96. The summed E-state index contributed by atoms with van der Waals surface area (Å²) in [5.74, 6) is 1.89. The number of carbonyl (C=O) groups is 1. The van der Waals surface area contributed by atoms with Crippen LogP contribution < -0.4 is 4.74 Å². The maximum absolute atomic E-state index is 12.0. The van der Waals surface area contributed by atoms with Gasteiger partial charge in [0.15, 0.2) is 0 Å². The quantitative estimate of drug-likeness (QED) is 0.768. The second kappa shape index (κ2) is 8.52. The lowest BCUT2D eigenvalue weighted by molar-refractivity contribution is -0.136. The van der Waals surface area contributed by atoms with Crippen LogP contribution in [-0.4, -0.2) is 55.0 Å². The minimum atomic E-state index is 0.304. The molecule has 1 aromatic carbocycles. The molecule has 0 bridgehead atoms. The zero-order chi connectivity index (χ0) is 17.7. The second-order valence-electron chi connectivity index (χ2n) is 7.38. The van der Waals surface area contributed by atoms with Gasteiger partial charge in [-0.1, -0.05) is 18.2 Å². The number of nitrogens with zero attached hydrogens (tertiary/aromatic N) is 2. The summed E-state index contributed by atoms with van der Waals surface area (Å²) in [6, 6.07) is 6.55. The van der Waals surface area contributed by atoms with E-state index in [9.17, 15) is 4.79 Å². The lowest BCUT2D eigenvalue weighted by Gasteiger charge is -2.37. The molecule has 0 aliphatic carbocycles. The van der Waals surface area contributed by atoms with E-state index in [4.69, 9.17) is 4.74 Å². The van der Waals surface area contributed by atoms with Gasteiger partial charge in [-0.3, -0.25) is 4.79 Å². The predicted molar refractivity (Wildman–Crippen MR) is 98.5 cm³/mol. The number of amides is 1. The van der Waals surface area contributed by atoms with Gasteiger partial charge in [-0.15, -0.1) is 0 Å². The topological polar surface area (TPSA) is 32.8 Å². The van der Waals surface area contributed by atoms with Gasteiger partial charge in [0.1, 0.15) is 12.4 Å². The number of para-hydroxylation sites is 1. The van der Waals surface area contributed by atoms with Crippen LogP contribution in [0.1, 0.15) is 37.8 Å². The van der Waals surface area contributed by atoms with Crippen LogP contribution in [0.4, 0.5) is 0 Å². The summed E-state index contributed by atoms with van der Waals surface area (Å²) in [6.45, 7) is 11.9. The zero-order valence-electron chi connectivity index (χ0n) is 15.8. The van der Waals surface area contributed by atoms with E-state index < -0.39 is 0 Å². The van der Waals surface area contributed by atoms with Gasteiger partial charge >= 0.3 is 0 Å². The Hall–Kier alpha value is -1.55. The SMILES string of the molecule is Cc1cccc(C)c1OCCN(C)CC1CCC(=O)N(C(C)C)C1. The van der Waals surface area contributed by atoms with Crippen LogP contribution in [0.15, 0.2) is 18.2 Å². The predicted octanol–water partition coefficient (Wildman–Crippen LogP) is 3.26. The van der Waals surface area contributed by atoms with E-state index >= 15 is 0 Å². The first kappa shape index (κ1) is 18.8. The standard InChI is InChI=1S/C20H32N2O2/c1-15(2)22-14-18(9-10-19(22)23)13-21(5)11-12-24-20-16(3)7-6-8-17(20)4/h6-8,15,18H,9-14H2,1-5H3. The number of benzene rings is 1. The third-order valence-corrected chi connectivity index (χ3v) is 4.86. The van der Waals surface area contributed by atoms with E-state index in [-0.39, 0.29) is 0 Å². The van der Waals surface area contributed by atoms with Crippen molar-refractivity contribution < 1.29 is 9.53 Å². The van der Waals surface area contributed by atoms with Gasteiger partial charge in [0, 0.05) is 32.1 Å². The molecular weight excluding hydrogens is 300 g/mol. The van der Waals surface area contributed by atoms with Crippen molar-refractivity contribution >= 4 is 5.91 Å². The first-order valence-corrected chi connectivity index (χ1v) is 9.05. The molecule has 0 N–H and O–H groups in total. The summed E-state index contributed by atoms with van der Waals surface area (Å²) in [5, 5.41) is 0. The smallest absolute Gasteiger partial charge is 0.222 e. The van der Waals surface area contributed by atoms with Crippen LogP contribution in [0, 0.1) is 19.8 Å². The zero-order valence-corrected chi connectivity index (χ0v) is 15.8. The van der Waals surface area contributed by atoms with Gasteiger partial charge in [-0.05, 0) is 58.2 Å². The highest BCUT2D eigenvalue weighted by Crippen LogP contribution is 2.23. The molecule has 1 atom stereocenters. The highest BCUT2D eigenvalue weighted by atomic mass is 16.5. The van der Waals surface area contributed by atoms with Gasteiger partial charge in [0.25, 0.3) is 0 Å². The monoisotopic (exact) mass is 332 g/mol. The molecule has 1 aliphatic heterocycles. The highest BCUT2D eigenvalue weighted by molar-refractivity contribution is 5.77. The normalized spacial score (nSPS) is 18.5. The van der Waals surface area contributed by atoms with Crippen molar-refractivity contribution in [2.45, 2.75) is 46.6 Å². The van der Waals surface area contributed by atoms with Crippen LogP contribution in [0.3, 0.4) is 0 Å². The van der Waals surface area contributed by atoms with E-state index in [0.717, 1.165) is 31.8 Å². The molecule has 2 rings (SSSR count). The van der Waals surface area contributed by atoms with Crippen molar-refractivity contribution in [3.63, 3.8) is 0 Å². The number of likely N-dealkylation sites (tertiary alicyclic amines) is 1. The van der Waals surface area contributed by atoms with E-state index in [1.165, 1.54) is 11.1 Å². The first-order valence-electron chi connectivity index (χ1n) is 9.05. The maximum atomic E-state index is 12.0. The molecular formula is C20H32N2O2. The van der Waals surface area contributed by atoms with Crippen LogP contribution >= 0.6 is 0 Å². The fourth-order valence-electron chi connectivity index (χ4n) is 3.45. The molecule has 1 saturated heterocycles. The van der Waals surface area contributed by atoms with Gasteiger partial charge in [0.2, 0.25) is 5.91 Å². The van der Waals surface area contributed by atoms with Crippen LogP contribution in [0.2, 0.25) is 0 Å². The molecule has 24 heavy (non-hydrogen) atoms. The molecule has 1 aliphatic rings. The molecule has 1 unspecified atom stereocenters. The number of likely N-dealkylation sites (N-methyl/N-ethyl adjacent to an activating group) is 1. The van der Waals surface area contributed by atoms with E-state index in [0.29, 0.717) is 30.9 Å². The number of rotatable bonds is 7. The molecule has 0 aromatic heterocycles. The first-order chi connectivity index (χ1) is 11.4. The summed E-state index contributed by atoms with van der Waals surface area (Å²) in [7, 11) is 2.14. The van der Waals surface area contributed by atoms with Crippen LogP contribution in [0.25, 0.3) is 0 Å². The molecule has 0 radical (unpaired) electrons. The van der Waals surface area contributed by atoms with Crippen molar-refractivity contribution in [3.8, 4) is 5.75 Å². The van der Waals surface area contributed by atoms with Gasteiger partial charge in [-0.2, -0.15) is 0 Å². The van der Waals surface area contributed by atoms with Crippen LogP contribution in [-0.2, 0) is 4.79 Å². The minimum absolute atomic E-state index is 0.304. The summed E-state index contributed by atoms with van der Waals surface area (Å²) in [4.78, 5) is 16.3. The van der Waals surface area contributed by atoms with Crippen molar-refractivity contribution in [1.82, 2.24) is 9.80 Å². The van der Waals surface area contributed by atoms with Crippen molar-refractivity contribution in [1.29, 1.82) is 0 Å². The Bertz CT molecular complexity index is 536. The number of carbonyl (C=O) groups excluding carboxylic acids is 1. The van der Waals surface area contributed by atoms with Gasteiger partial charge in [-0.25, -0.2) is 0 Å². The molecule has 1 heterocycles.